The summed E-state index contributed by atoms with van der Waals surface area (Å²) in [6.45, 7) is 5.83. The highest BCUT2D eigenvalue weighted by Gasteiger charge is 2.21. The lowest BCUT2D eigenvalue weighted by atomic mass is 9.95. The zero-order valence-electron chi connectivity index (χ0n) is 12.2. The minimum Gasteiger partial charge on any atom is -0.394 e. The van der Waals surface area contributed by atoms with Gasteiger partial charge in [-0.3, -0.25) is 0 Å². The molecule has 0 amide bonds. The van der Waals surface area contributed by atoms with Crippen LogP contribution >= 0.6 is 0 Å². The average molecular weight is 264 g/mol. The smallest absolute Gasteiger partial charge is 0.0874 e. The van der Waals surface area contributed by atoms with Gasteiger partial charge in [-0.15, -0.1) is 0 Å². The van der Waals surface area contributed by atoms with Gasteiger partial charge in [0.25, 0.3) is 0 Å². The Hall–Kier alpha value is -0.160. The Labute approximate surface area is 112 Å². The van der Waals surface area contributed by atoms with Crippen molar-refractivity contribution in [3.63, 3.8) is 0 Å². The van der Waals surface area contributed by atoms with Gasteiger partial charge in [0.1, 0.15) is 0 Å². The highest BCUT2D eigenvalue weighted by molar-refractivity contribution is 4.74. The second-order valence-electron chi connectivity index (χ2n) is 4.82. The third kappa shape index (κ3) is 12.3. The summed E-state index contributed by atoms with van der Waals surface area (Å²) in [6, 6.07) is 0. The van der Waals surface area contributed by atoms with Crippen molar-refractivity contribution in [2.75, 3.05) is 13.2 Å². The standard InChI is InChI=1S/C8H18O2.C6H14O2/c1-3-5-6-8(10,4-2)7-9;1-2-3-4-6(8)5-7/h9-10H,3-7H2,1-2H3;6-8H,2-5H2,1H3. The number of aliphatic hydroxyl groups is 4. The van der Waals surface area contributed by atoms with Crippen LogP contribution in [0.4, 0.5) is 0 Å². The predicted octanol–water partition coefficient (Wildman–Crippen LogP) is 1.84. The summed E-state index contributed by atoms with van der Waals surface area (Å²) >= 11 is 0. The van der Waals surface area contributed by atoms with Crippen LogP contribution in [-0.2, 0) is 0 Å². The SMILES string of the molecule is CCCCC(O)(CC)CO.CCCCC(O)CO. The van der Waals surface area contributed by atoms with Crippen molar-refractivity contribution >= 4 is 0 Å². The fraction of sp³-hybridized carbons (Fsp3) is 1.00. The summed E-state index contributed by atoms with van der Waals surface area (Å²) < 4.78 is 0. The Morgan fingerprint density at radius 1 is 1.00 bits per heavy atom. The van der Waals surface area contributed by atoms with E-state index in [-0.39, 0.29) is 13.2 Å². The minimum absolute atomic E-state index is 0.0972. The van der Waals surface area contributed by atoms with E-state index in [1.165, 1.54) is 0 Å². The summed E-state index contributed by atoms with van der Waals surface area (Å²) in [5.41, 5.74) is -0.810. The summed E-state index contributed by atoms with van der Waals surface area (Å²) in [5, 5.41) is 35.3. The molecule has 0 aromatic rings. The molecule has 2 unspecified atom stereocenters. The molecular formula is C14H32O4. The van der Waals surface area contributed by atoms with Gasteiger partial charge < -0.3 is 20.4 Å². The van der Waals surface area contributed by atoms with E-state index in [4.69, 9.17) is 15.3 Å². The maximum atomic E-state index is 9.51. The first-order valence-corrected chi connectivity index (χ1v) is 7.11. The first-order valence-electron chi connectivity index (χ1n) is 7.11. The Morgan fingerprint density at radius 2 is 1.56 bits per heavy atom. The molecule has 0 saturated carbocycles. The van der Waals surface area contributed by atoms with Crippen molar-refractivity contribution in [2.45, 2.75) is 77.4 Å². The summed E-state index contributed by atoms with van der Waals surface area (Å²) in [6.07, 6.45) is 5.74. The third-order valence-electron chi connectivity index (χ3n) is 3.05. The van der Waals surface area contributed by atoms with Crippen molar-refractivity contribution in [1.29, 1.82) is 0 Å². The largest absolute Gasteiger partial charge is 0.394 e. The second-order valence-corrected chi connectivity index (χ2v) is 4.82. The molecule has 4 nitrogen and oxygen atoms in total. The fourth-order valence-electron chi connectivity index (χ4n) is 1.40. The first kappa shape index (κ1) is 20.2. The van der Waals surface area contributed by atoms with Gasteiger partial charge in [-0.05, 0) is 19.3 Å². The molecule has 0 fully saturated rings. The summed E-state index contributed by atoms with van der Waals surface area (Å²) in [7, 11) is 0. The van der Waals surface area contributed by atoms with Crippen molar-refractivity contribution in [3.8, 4) is 0 Å². The minimum atomic E-state index is -0.810. The first-order chi connectivity index (χ1) is 8.49. The van der Waals surface area contributed by atoms with Crippen LogP contribution in [-0.4, -0.2) is 45.3 Å². The van der Waals surface area contributed by atoms with Gasteiger partial charge >= 0.3 is 0 Å². The van der Waals surface area contributed by atoms with E-state index >= 15 is 0 Å². The van der Waals surface area contributed by atoms with E-state index in [9.17, 15) is 5.11 Å². The predicted molar refractivity (Wildman–Crippen MR) is 74.5 cm³/mol. The highest BCUT2D eigenvalue weighted by Crippen LogP contribution is 2.16. The zero-order chi connectivity index (χ0) is 14.4. The average Bonchev–Trinajstić information content (AvgIpc) is 2.42. The van der Waals surface area contributed by atoms with E-state index in [1.54, 1.807) is 0 Å². The normalized spacial score (nSPS) is 15.5. The van der Waals surface area contributed by atoms with Gasteiger partial charge in [0.15, 0.2) is 0 Å². The Kier molecular flexibility index (Phi) is 14.9. The molecule has 0 aliphatic carbocycles. The molecule has 0 heterocycles. The molecular weight excluding hydrogens is 232 g/mol. The van der Waals surface area contributed by atoms with Crippen molar-refractivity contribution in [2.24, 2.45) is 0 Å². The molecule has 0 aromatic carbocycles. The monoisotopic (exact) mass is 264 g/mol. The van der Waals surface area contributed by atoms with Crippen LogP contribution in [0, 0.1) is 0 Å². The van der Waals surface area contributed by atoms with Crippen LogP contribution < -0.4 is 0 Å². The number of rotatable bonds is 9. The van der Waals surface area contributed by atoms with Crippen molar-refractivity contribution in [3.05, 3.63) is 0 Å². The molecule has 0 bridgehead atoms. The fourth-order valence-corrected chi connectivity index (χ4v) is 1.40. The second kappa shape index (κ2) is 13.3. The van der Waals surface area contributed by atoms with E-state index in [0.717, 1.165) is 38.5 Å². The summed E-state index contributed by atoms with van der Waals surface area (Å²) in [4.78, 5) is 0. The molecule has 2 atom stereocenters. The van der Waals surface area contributed by atoms with Crippen LogP contribution in [0.1, 0.15) is 65.7 Å². The maximum Gasteiger partial charge on any atom is 0.0874 e. The molecule has 112 valence electrons. The molecule has 0 rings (SSSR count). The molecule has 4 heteroatoms. The molecule has 0 aliphatic rings. The lowest BCUT2D eigenvalue weighted by Crippen LogP contribution is -2.31. The molecule has 0 radical (unpaired) electrons. The topological polar surface area (TPSA) is 80.9 Å². The lowest BCUT2D eigenvalue weighted by Gasteiger charge is -2.23. The van der Waals surface area contributed by atoms with Crippen LogP contribution in [0.3, 0.4) is 0 Å². The Bertz CT molecular complexity index is 158. The highest BCUT2D eigenvalue weighted by atomic mass is 16.3. The van der Waals surface area contributed by atoms with E-state index in [2.05, 4.69) is 13.8 Å². The van der Waals surface area contributed by atoms with Crippen LogP contribution in [0.15, 0.2) is 0 Å². The van der Waals surface area contributed by atoms with Gasteiger partial charge in [-0.1, -0.05) is 46.5 Å². The Morgan fingerprint density at radius 3 is 1.89 bits per heavy atom. The number of aliphatic hydroxyl groups excluding tert-OH is 3. The molecule has 0 spiro atoms. The van der Waals surface area contributed by atoms with Crippen LogP contribution in [0.5, 0.6) is 0 Å². The summed E-state index contributed by atoms with van der Waals surface area (Å²) in [5.74, 6) is 0. The van der Waals surface area contributed by atoms with Crippen molar-refractivity contribution in [1.82, 2.24) is 0 Å². The zero-order valence-corrected chi connectivity index (χ0v) is 12.2. The van der Waals surface area contributed by atoms with E-state index < -0.39 is 11.7 Å². The quantitative estimate of drug-likeness (QED) is 0.512. The molecule has 0 saturated heterocycles. The number of unbranched alkanes of at least 4 members (excludes halogenated alkanes) is 2. The lowest BCUT2D eigenvalue weighted by molar-refractivity contribution is -0.0256. The van der Waals surface area contributed by atoms with E-state index in [0.29, 0.717) is 6.42 Å². The molecule has 4 N–H and O–H groups in total. The molecule has 18 heavy (non-hydrogen) atoms. The third-order valence-corrected chi connectivity index (χ3v) is 3.05. The van der Waals surface area contributed by atoms with Gasteiger partial charge in [0.05, 0.1) is 24.9 Å². The number of hydrogen-bond donors (Lipinski definition) is 4. The van der Waals surface area contributed by atoms with Crippen molar-refractivity contribution < 1.29 is 20.4 Å². The van der Waals surface area contributed by atoms with Gasteiger partial charge in [-0.25, -0.2) is 0 Å². The van der Waals surface area contributed by atoms with Crippen LogP contribution in [0.25, 0.3) is 0 Å². The Balaban J connectivity index is 0. The van der Waals surface area contributed by atoms with Crippen LogP contribution in [0.2, 0.25) is 0 Å². The van der Waals surface area contributed by atoms with E-state index in [1.807, 2.05) is 6.92 Å². The number of hydrogen-bond acceptors (Lipinski definition) is 4. The van der Waals surface area contributed by atoms with Gasteiger partial charge in [-0.2, -0.15) is 0 Å². The van der Waals surface area contributed by atoms with Gasteiger partial charge in [0.2, 0.25) is 0 Å². The van der Waals surface area contributed by atoms with Gasteiger partial charge in [0, 0.05) is 0 Å². The molecule has 0 aromatic heterocycles. The molecule has 0 aliphatic heterocycles. The maximum absolute atomic E-state index is 9.51.